The van der Waals surface area contributed by atoms with E-state index in [4.69, 9.17) is 4.74 Å². The molecule has 0 unspecified atom stereocenters. The highest BCUT2D eigenvalue weighted by Gasteiger charge is 2.26. The Morgan fingerprint density at radius 3 is 2.61 bits per heavy atom. The van der Waals surface area contributed by atoms with Crippen LogP contribution in [0.2, 0.25) is 0 Å². The van der Waals surface area contributed by atoms with E-state index < -0.39 is 0 Å². The molecule has 4 rings (SSSR count). The summed E-state index contributed by atoms with van der Waals surface area (Å²) in [4.78, 5) is 6.72. The SMILES string of the molecule is CCCSc1nnc2c(n1)O[C@H](c1ccc(N(C)C)cc1)Nc1ccccc1-2. The molecule has 1 aromatic heterocycles. The molecule has 1 N–H and O–H groups in total. The number of nitrogens with zero attached hydrogens (tertiary/aromatic N) is 4. The molecule has 0 saturated heterocycles. The molecular weight excluding hydrogens is 370 g/mol. The van der Waals surface area contributed by atoms with Crippen molar-refractivity contribution in [2.75, 3.05) is 30.1 Å². The molecular formula is C21H23N5OS. The van der Waals surface area contributed by atoms with Crippen LogP contribution in [0.4, 0.5) is 11.4 Å². The third-order valence-electron chi connectivity index (χ3n) is 4.48. The summed E-state index contributed by atoms with van der Waals surface area (Å²) in [5.74, 6) is 1.46. The molecule has 1 aliphatic heterocycles. The lowest BCUT2D eigenvalue weighted by molar-refractivity contribution is 0.225. The zero-order valence-corrected chi connectivity index (χ0v) is 17.0. The number of nitrogens with one attached hydrogen (secondary N) is 1. The van der Waals surface area contributed by atoms with E-state index in [1.807, 2.05) is 38.4 Å². The summed E-state index contributed by atoms with van der Waals surface area (Å²) in [5, 5.41) is 12.8. The first-order chi connectivity index (χ1) is 13.7. The number of benzene rings is 2. The van der Waals surface area contributed by atoms with Crippen molar-refractivity contribution in [3.63, 3.8) is 0 Å². The lowest BCUT2D eigenvalue weighted by Gasteiger charge is -2.20. The van der Waals surface area contributed by atoms with Gasteiger partial charge in [-0.05, 0) is 24.6 Å². The maximum Gasteiger partial charge on any atom is 0.247 e. The standard InChI is InChI=1S/C21H23N5OS/c1-4-13-28-21-23-20-18(24-25-21)16-7-5-6-8-17(16)22-19(27-20)14-9-11-15(12-10-14)26(2)3/h5-12,19,22H,4,13H2,1-3H3/t19-/m1/s1. The summed E-state index contributed by atoms with van der Waals surface area (Å²) < 4.78 is 6.29. The van der Waals surface area contributed by atoms with Gasteiger partial charge in [0, 0.05) is 42.3 Å². The van der Waals surface area contributed by atoms with Crippen LogP contribution in [0.25, 0.3) is 11.3 Å². The molecule has 0 aliphatic carbocycles. The molecule has 2 aromatic carbocycles. The number of ether oxygens (including phenoxy) is 1. The molecule has 7 heteroatoms. The van der Waals surface area contributed by atoms with Crippen molar-refractivity contribution in [1.29, 1.82) is 0 Å². The van der Waals surface area contributed by atoms with Crippen LogP contribution in [0.15, 0.2) is 53.7 Å². The van der Waals surface area contributed by atoms with Gasteiger partial charge in [-0.25, -0.2) is 0 Å². The Balaban J connectivity index is 1.74. The molecule has 3 aromatic rings. The van der Waals surface area contributed by atoms with Crippen LogP contribution in [0.5, 0.6) is 5.88 Å². The summed E-state index contributed by atoms with van der Waals surface area (Å²) >= 11 is 1.59. The second-order valence-corrected chi connectivity index (χ2v) is 7.83. The van der Waals surface area contributed by atoms with Crippen molar-refractivity contribution < 1.29 is 4.74 Å². The van der Waals surface area contributed by atoms with E-state index in [1.165, 1.54) is 0 Å². The molecule has 1 aliphatic rings. The molecule has 2 heterocycles. The number of hydrogen-bond acceptors (Lipinski definition) is 7. The highest BCUT2D eigenvalue weighted by atomic mass is 32.2. The maximum atomic E-state index is 6.29. The van der Waals surface area contributed by atoms with E-state index in [1.54, 1.807) is 11.8 Å². The number of thioether (sulfide) groups is 1. The van der Waals surface area contributed by atoms with Gasteiger partial charge in [0.05, 0.1) is 0 Å². The average molecular weight is 394 g/mol. The summed E-state index contributed by atoms with van der Waals surface area (Å²) in [6, 6.07) is 16.3. The summed E-state index contributed by atoms with van der Waals surface area (Å²) in [6.07, 6.45) is 0.691. The van der Waals surface area contributed by atoms with Crippen LogP contribution < -0.4 is 15.0 Å². The maximum absolute atomic E-state index is 6.29. The Hall–Kier alpha value is -2.80. The topological polar surface area (TPSA) is 63.2 Å². The Morgan fingerprint density at radius 1 is 1.07 bits per heavy atom. The van der Waals surface area contributed by atoms with E-state index in [-0.39, 0.29) is 6.23 Å². The predicted molar refractivity (Wildman–Crippen MR) is 114 cm³/mol. The van der Waals surface area contributed by atoms with E-state index in [9.17, 15) is 0 Å². The van der Waals surface area contributed by atoms with Crippen LogP contribution >= 0.6 is 11.8 Å². The lowest BCUT2D eigenvalue weighted by atomic mass is 10.1. The van der Waals surface area contributed by atoms with Gasteiger partial charge in [0.1, 0.15) is 0 Å². The fourth-order valence-corrected chi connectivity index (χ4v) is 3.63. The normalized spacial score (nSPS) is 14.9. The fourth-order valence-electron chi connectivity index (χ4n) is 3.00. The smallest absolute Gasteiger partial charge is 0.247 e. The quantitative estimate of drug-likeness (QED) is 0.635. The van der Waals surface area contributed by atoms with Crippen molar-refractivity contribution in [2.45, 2.75) is 24.7 Å². The van der Waals surface area contributed by atoms with Gasteiger partial charge in [0.25, 0.3) is 0 Å². The molecule has 6 nitrogen and oxygen atoms in total. The van der Waals surface area contributed by atoms with Gasteiger partial charge in [-0.3, -0.25) is 0 Å². The highest BCUT2D eigenvalue weighted by Crippen LogP contribution is 2.39. The van der Waals surface area contributed by atoms with Gasteiger partial charge in [0.2, 0.25) is 11.0 Å². The molecule has 0 fully saturated rings. The first-order valence-electron chi connectivity index (χ1n) is 9.33. The third kappa shape index (κ3) is 3.75. The second-order valence-electron chi connectivity index (χ2n) is 6.77. The monoisotopic (exact) mass is 393 g/mol. The molecule has 0 spiro atoms. The Kier molecular flexibility index (Phi) is 5.34. The molecule has 28 heavy (non-hydrogen) atoms. The largest absolute Gasteiger partial charge is 0.448 e. The van der Waals surface area contributed by atoms with Crippen LogP contribution in [0.3, 0.4) is 0 Å². The van der Waals surface area contributed by atoms with E-state index >= 15 is 0 Å². The van der Waals surface area contributed by atoms with Crippen molar-refractivity contribution in [1.82, 2.24) is 15.2 Å². The van der Waals surface area contributed by atoms with E-state index in [0.717, 1.165) is 34.7 Å². The van der Waals surface area contributed by atoms with Gasteiger partial charge in [-0.15, -0.1) is 10.2 Å². The van der Waals surface area contributed by atoms with Crippen LogP contribution in [-0.2, 0) is 0 Å². The number of fused-ring (bicyclic) bond motifs is 3. The number of anilines is 2. The Bertz CT molecular complexity index is 961. The van der Waals surface area contributed by atoms with Gasteiger partial charge >= 0.3 is 0 Å². The summed E-state index contributed by atoms with van der Waals surface area (Å²) in [5.41, 5.74) is 4.72. The summed E-state index contributed by atoms with van der Waals surface area (Å²) in [7, 11) is 4.06. The van der Waals surface area contributed by atoms with Gasteiger partial charge < -0.3 is 15.0 Å². The van der Waals surface area contributed by atoms with Gasteiger partial charge in [0.15, 0.2) is 11.9 Å². The second kappa shape index (κ2) is 8.06. The van der Waals surface area contributed by atoms with Crippen LogP contribution in [0.1, 0.15) is 25.1 Å². The van der Waals surface area contributed by atoms with Gasteiger partial charge in [-0.1, -0.05) is 49.0 Å². The minimum absolute atomic E-state index is 0.362. The van der Waals surface area contributed by atoms with Crippen molar-refractivity contribution >= 4 is 23.1 Å². The van der Waals surface area contributed by atoms with Crippen molar-refractivity contribution in [3.05, 3.63) is 54.1 Å². The fraction of sp³-hybridized carbons (Fsp3) is 0.286. The minimum Gasteiger partial charge on any atom is -0.448 e. The predicted octanol–water partition coefficient (Wildman–Crippen LogP) is 4.61. The van der Waals surface area contributed by atoms with E-state index in [2.05, 4.69) is 56.6 Å². The third-order valence-corrected chi connectivity index (χ3v) is 5.52. The Morgan fingerprint density at radius 2 is 1.86 bits per heavy atom. The van der Waals surface area contributed by atoms with Crippen molar-refractivity contribution in [3.8, 4) is 17.1 Å². The molecule has 0 bridgehead atoms. The lowest BCUT2D eigenvalue weighted by Crippen LogP contribution is -2.17. The first-order valence-corrected chi connectivity index (χ1v) is 10.3. The number of para-hydroxylation sites is 1. The Labute approximate surface area is 169 Å². The van der Waals surface area contributed by atoms with Gasteiger partial charge in [-0.2, -0.15) is 4.98 Å². The molecule has 0 radical (unpaired) electrons. The number of hydrogen-bond donors (Lipinski definition) is 1. The highest BCUT2D eigenvalue weighted by molar-refractivity contribution is 7.99. The molecule has 0 saturated carbocycles. The molecule has 0 amide bonds. The first kappa shape index (κ1) is 18.6. The zero-order valence-electron chi connectivity index (χ0n) is 16.2. The minimum atomic E-state index is -0.362. The van der Waals surface area contributed by atoms with Crippen molar-refractivity contribution in [2.24, 2.45) is 0 Å². The van der Waals surface area contributed by atoms with Crippen LogP contribution in [0, 0.1) is 0 Å². The number of rotatable bonds is 5. The zero-order chi connectivity index (χ0) is 19.5. The average Bonchev–Trinajstić information content (AvgIpc) is 2.88. The summed E-state index contributed by atoms with van der Waals surface area (Å²) in [6.45, 7) is 2.13. The molecule has 1 atom stereocenters. The molecule has 144 valence electrons. The van der Waals surface area contributed by atoms with Crippen LogP contribution in [-0.4, -0.2) is 35.0 Å². The van der Waals surface area contributed by atoms with E-state index in [0.29, 0.717) is 16.7 Å². The number of aromatic nitrogens is 3.